The van der Waals surface area contributed by atoms with Crippen LogP contribution < -0.4 is 4.74 Å². The highest BCUT2D eigenvalue weighted by Gasteiger charge is 2.40. The number of nitrogens with one attached hydrogen (secondary N) is 1. The summed E-state index contributed by atoms with van der Waals surface area (Å²) >= 11 is 0. The second-order valence-electron chi connectivity index (χ2n) is 5.97. The predicted octanol–water partition coefficient (Wildman–Crippen LogP) is 2.08. The van der Waals surface area contributed by atoms with Crippen molar-refractivity contribution in [2.24, 2.45) is 0 Å². The molecule has 1 aromatic heterocycles. The molecule has 1 fully saturated rings. The molecule has 0 spiro atoms. The highest BCUT2D eigenvalue weighted by molar-refractivity contribution is 5.92. The molecule has 2 N–H and O–H groups in total. The summed E-state index contributed by atoms with van der Waals surface area (Å²) in [6.07, 6.45) is -4.33. The maximum atomic E-state index is 12.6. The molecule has 2 heterocycles. The van der Waals surface area contributed by atoms with Crippen molar-refractivity contribution in [3.8, 4) is 5.75 Å². The van der Waals surface area contributed by atoms with Crippen molar-refractivity contribution in [1.29, 1.82) is 0 Å². The van der Waals surface area contributed by atoms with Gasteiger partial charge in [-0.25, -0.2) is 0 Å². The Kier molecular flexibility index (Phi) is 4.42. The van der Waals surface area contributed by atoms with E-state index in [1.54, 1.807) is 24.3 Å². The molecule has 1 aliphatic heterocycles. The van der Waals surface area contributed by atoms with Gasteiger partial charge in [0.1, 0.15) is 23.7 Å². The fourth-order valence-electron chi connectivity index (χ4n) is 2.62. The van der Waals surface area contributed by atoms with Gasteiger partial charge in [0.05, 0.1) is 6.54 Å². The van der Waals surface area contributed by atoms with E-state index >= 15 is 0 Å². The van der Waals surface area contributed by atoms with Crippen LogP contribution in [0.2, 0.25) is 0 Å². The molecular weight excluding hydrogens is 339 g/mol. The molecule has 1 aromatic carbocycles. The minimum Gasteiger partial charge on any atom is -0.491 e. The summed E-state index contributed by atoms with van der Waals surface area (Å²) in [7, 11) is 0. The van der Waals surface area contributed by atoms with Crippen LogP contribution in [0.3, 0.4) is 0 Å². The van der Waals surface area contributed by atoms with Gasteiger partial charge in [-0.15, -0.1) is 0 Å². The molecule has 0 unspecified atom stereocenters. The number of H-pyrrole nitrogens is 1. The number of β-amino-alcohol motifs (C(OH)–C–C–N with tert-alkyl or cyclic N) is 1. The number of rotatable bonds is 4. The third-order valence-electron chi connectivity index (χ3n) is 3.97. The lowest BCUT2D eigenvalue weighted by molar-refractivity contribution is -0.141. The first-order valence-corrected chi connectivity index (χ1v) is 7.59. The van der Waals surface area contributed by atoms with Gasteiger partial charge in [0.2, 0.25) is 0 Å². The van der Waals surface area contributed by atoms with Crippen molar-refractivity contribution >= 4 is 5.91 Å². The maximum absolute atomic E-state index is 12.6. The number of hydrogen-bond donors (Lipinski definition) is 2. The number of benzene rings is 1. The van der Waals surface area contributed by atoms with Gasteiger partial charge < -0.3 is 14.7 Å². The van der Waals surface area contributed by atoms with E-state index in [0.29, 0.717) is 11.8 Å². The van der Waals surface area contributed by atoms with Crippen LogP contribution in [0, 0.1) is 0 Å². The molecule has 1 aliphatic rings. The molecular formula is C16H16F3N3O3. The standard InChI is InChI=1S/C16H16F3N3O3/c17-16(18,19)13-8-12(20-21-13)14(23)22-7-6-15(24,9-22)10-25-11-4-2-1-3-5-11/h1-5,8,24H,6-7,9-10H2,(H,20,21)/t15-/m0/s1. The van der Waals surface area contributed by atoms with Gasteiger partial charge in [0, 0.05) is 12.6 Å². The van der Waals surface area contributed by atoms with Crippen LogP contribution >= 0.6 is 0 Å². The van der Waals surface area contributed by atoms with Crippen molar-refractivity contribution in [3.63, 3.8) is 0 Å². The summed E-state index contributed by atoms with van der Waals surface area (Å²) < 4.78 is 43.2. The number of likely N-dealkylation sites (tertiary alicyclic amines) is 1. The van der Waals surface area contributed by atoms with Crippen LogP contribution in [0.15, 0.2) is 36.4 Å². The SMILES string of the molecule is O=C(c1cc(C(F)(F)F)[nH]n1)N1CC[C@@](O)(COc2ccccc2)C1. The second kappa shape index (κ2) is 6.40. The van der Waals surface area contributed by atoms with E-state index in [0.717, 1.165) is 0 Å². The number of aliphatic hydroxyl groups is 1. The highest BCUT2D eigenvalue weighted by Crippen LogP contribution is 2.29. The number of amides is 1. The van der Waals surface area contributed by atoms with E-state index in [1.165, 1.54) is 4.90 Å². The maximum Gasteiger partial charge on any atom is 0.432 e. The zero-order valence-corrected chi connectivity index (χ0v) is 13.1. The van der Waals surface area contributed by atoms with Gasteiger partial charge in [-0.05, 0) is 18.6 Å². The zero-order chi connectivity index (χ0) is 18.1. The molecule has 1 amide bonds. The van der Waals surface area contributed by atoms with Gasteiger partial charge >= 0.3 is 6.18 Å². The van der Waals surface area contributed by atoms with Crippen molar-refractivity contribution in [3.05, 3.63) is 47.8 Å². The van der Waals surface area contributed by atoms with Gasteiger partial charge in [0.25, 0.3) is 5.91 Å². The minimum atomic E-state index is -4.60. The Morgan fingerprint density at radius 1 is 1.36 bits per heavy atom. The molecule has 3 rings (SSSR count). The molecule has 0 bridgehead atoms. The van der Waals surface area contributed by atoms with Gasteiger partial charge in [-0.3, -0.25) is 9.89 Å². The number of carbonyl (C=O) groups excluding carboxylic acids is 1. The van der Waals surface area contributed by atoms with Crippen LogP contribution in [-0.4, -0.2) is 51.4 Å². The Balaban J connectivity index is 1.61. The fourth-order valence-corrected chi connectivity index (χ4v) is 2.62. The smallest absolute Gasteiger partial charge is 0.432 e. The van der Waals surface area contributed by atoms with Crippen LogP contribution in [0.25, 0.3) is 0 Å². The summed E-state index contributed by atoms with van der Waals surface area (Å²) in [5.74, 6) is -0.0785. The fraction of sp³-hybridized carbons (Fsp3) is 0.375. The van der Waals surface area contributed by atoms with E-state index in [9.17, 15) is 23.1 Å². The van der Waals surface area contributed by atoms with Crippen LogP contribution in [0.1, 0.15) is 22.6 Å². The molecule has 25 heavy (non-hydrogen) atoms. The Hall–Kier alpha value is -2.55. The Morgan fingerprint density at radius 2 is 2.08 bits per heavy atom. The normalized spacial score (nSPS) is 20.7. The Labute approximate surface area is 141 Å². The number of hydrogen-bond acceptors (Lipinski definition) is 4. The first kappa shape index (κ1) is 17.3. The lowest BCUT2D eigenvalue weighted by Crippen LogP contribution is -2.40. The van der Waals surface area contributed by atoms with Gasteiger partial charge in [-0.2, -0.15) is 18.3 Å². The zero-order valence-electron chi connectivity index (χ0n) is 13.1. The van der Waals surface area contributed by atoms with Crippen molar-refractivity contribution in [1.82, 2.24) is 15.1 Å². The highest BCUT2D eigenvalue weighted by atomic mass is 19.4. The van der Waals surface area contributed by atoms with Crippen LogP contribution in [0.5, 0.6) is 5.75 Å². The molecule has 6 nitrogen and oxygen atoms in total. The first-order valence-electron chi connectivity index (χ1n) is 7.59. The monoisotopic (exact) mass is 355 g/mol. The summed E-state index contributed by atoms with van der Waals surface area (Å²) in [6.45, 7) is 0.156. The van der Waals surface area contributed by atoms with Crippen LogP contribution in [0.4, 0.5) is 13.2 Å². The third-order valence-corrected chi connectivity index (χ3v) is 3.97. The molecule has 2 aromatic rings. The quantitative estimate of drug-likeness (QED) is 0.880. The molecule has 9 heteroatoms. The number of ether oxygens (including phenoxy) is 1. The van der Waals surface area contributed by atoms with Crippen LogP contribution in [-0.2, 0) is 6.18 Å². The van der Waals surface area contributed by atoms with Gasteiger partial charge in [0.15, 0.2) is 5.69 Å². The molecule has 0 aliphatic carbocycles. The molecule has 134 valence electrons. The van der Waals surface area contributed by atoms with E-state index in [4.69, 9.17) is 4.74 Å². The average molecular weight is 355 g/mol. The number of para-hydroxylation sites is 1. The number of carbonyl (C=O) groups is 1. The van der Waals surface area contributed by atoms with E-state index in [2.05, 4.69) is 5.10 Å². The minimum absolute atomic E-state index is 0.0187. The molecule has 0 radical (unpaired) electrons. The molecule has 1 atom stereocenters. The number of aromatic nitrogens is 2. The third kappa shape index (κ3) is 3.93. The lowest BCUT2D eigenvalue weighted by atomic mass is 10.1. The van der Waals surface area contributed by atoms with E-state index in [1.807, 2.05) is 11.2 Å². The number of nitrogens with zero attached hydrogens (tertiary/aromatic N) is 2. The predicted molar refractivity (Wildman–Crippen MR) is 81.0 cm³/mol. The molecule has 0 saturated carbocycles. The van der Waals surface area contributed by atoms with E-state index in [-0.39, 0.29) is 31.8 Å². The number of aromatic amines is 1. The lowest BCUT2D eigenvalue weighted by Gasteiger charge is -2.23. The summed E-state index contributed by atoms with van der Waals surface area (Å²) in [5, 5.41) is 15.8. The summed E-state index contributed by atoms with van der Waals surface area (Å²) in [6, 6.07) is 9.56. The van der Waals surface area contributed by atoms with Gasteiger partial charge in [-0.1, -0.05) is 18.2 Å². The average Bonchev–Trinajstić information content (AvgIpc) is 3.21. The van der Waals surface area contributed by atoms with Crippen molar-refractivity contribution in [2.75, 3.05) is 19.7 Å². The Morgan fingerprint density at radius 3 is 2.72 bits per heavy atom. The topological polar surface area (TPSA) is 78.5 Å². The first-order chi connectivity index (χ1) is 11.8. The second-order valence-corrected chi connectivity index (χ2v) is 5.97. The number of alkyl halides is 3. The van der Waals surface area contributed by atoms with E-state index < -0.39 is 23.4 Å². The van der Waals surface area contributed by atoms with Crippen molar-refractivity contribution < 1.29 is 27.8 Å². The number of halogens is 3. The van der Waals surface area contributed by atoms with Crippen molar-refractivity contribution in [2.45, 2.75) is 18.2 Å². The summed E-state index contributed by atoms with van der Waals surface area (Å²) in [5.41, 5.74) is -2.67. The molecule has 1 saturated heterocycles. The summed E-state index contributed by atoms with van der Waals surface area (Å²) in [4.78, 5) is 13.5. The largest absolute Gasteiger partial charge is 0.491 e. The Bertz CT molecular complexity index is 748.